The molecule has 0 spiro atoms. The summed E-state index contributed by atoms with van der Waals surface area (Å²) in [6, 6.07) is 15.4. The average Bonchev–Trinajstić information content (AvgIpc) is 3.59. The van der Waals surface area contributed by atoms with Crippen molar-refractivity contribution in [1.82, 2.24) is 14.8 Å². The highest BCUT2D eigenvalue weighted by atomic mass is 32.3. The third-order valence-electron chi connectivity index (χ3n) is 6.40. The second-order valence-corrected chi connectivity index (χ2v) is 11.6. The smallest absolute Gasteiger partial charge is 0.433 e. The molecule has 3 N–H and O–H groups in total. The molecule has 2 aromatic heterocycles. The van der Waals surface area contributed by atoms with Crippen LogP contribution in [-0.4, -0.2) is 32.4 Å². The van der Waals surface area contributed by atoms with Crippen molar-refractivity contribution >= 4 is 27.7 Å². The van der Waals surface area contributed by atoms with Crippen molar-refractivity contribution in [2.75, 3.05) is 7.11 Å². The molecule has 0 bridgehead atoms. The summed E-state index contributed by atoms with van der Waals surface area (Å²) >= 11 is 0.617. The minimum absolute atomic E-state index is 0.0731. The first-order chi connectivity index (χ1) is 20.3. The fourth-order valence-electron chi connectivity index (χ4n) is 4.43. The number of carbonyl (C=O) groups is 1. The van der Waals surface area contributed by atoms with Crippen LogP contribution in [0.25, 0.3) is 27.5 Å². The van der Waals surface area contributed by atoms with E-state index in [0.717, 1.165) is 11.4 Å². The van der Waals surface area contributed by atoms with Crippen LogP contribution < -0.4 is 15.0 Å². The molecule has 0 aliphatic carbocycles. The number of aromatic carboxylic acids is 1. The van der Waals surface area contributed by atoms with Crippen molar-refractivity contribution in [2.24, 2.45) is 5.14 Å². The minimum atomic E-state index is -5.00. The average molecular weight is 633 g/mol. The minimum Gasteiger partial charge on any atom is -0.543 e. The van der Waals surface area contributed by atoms with Crippen LogP contribution in [-0.2, 0) is 27.2 Å². The number of halogens is 4. The largest absolute Gasteiger partial charge is 0.543 e. The number of ether oxygens (including phenoxy) is 1. The maximum Gasteiger partial charge on any atom is 0.433 e. The third-order valence-corrected chi connectivity index (χ3v) is 8.16. The Morgan fingerprint density at radius 1 is 1.12 bits per heavy atom. The molecule has 0 fully saturated rings. The number of carbonyl (C=O) groups excluding carboxylic acids is 1. The first-order valence-corrected chi connectivity index (χ1v) is 14.7. The van der Waals surface area contributed by atoms with Gasteiger partial charge in [-0.3, -0.25) is 0 Å². The van der Waals surface area contributed by atoms with E-state index >= 15 is 4.39 Å². The monoisotopic (exact) mass is 632 g/mol. The Kier molecular flexibility index (Phi) is 7.91. The highest BCUT2D eigenvalue weighted by molar-refractivity contribution is 7.95. The molecule has 0 amide bonds. The fourth-order valence-corrected chi connectivity index (χ4v) is 5.70. The number of methoxy groups -OCH3 is 1. The van der Waals surface area contributed by atoms with Crippen molar-refractivity contribution in [3.63, 3.8) is 0 Å². The summed E-state index contributed by atoms with van der Waals surface area (Å²) in [6.45, 7) is 0. The van der Waals surface area contributed by atoms with Crippen molar-refractivity contribution in [3.05, 3.63) is 100 Å². The van der Waals surface area contributed by atoms with E-state index in [-0.39, 0.29) is 38.8 Å². The summed E-state index contributed by atoms with van der Waals surface area (Å²) in [4.78, 5) is 14.9. The van der Waals surface area contributed by atoms with Crippen LogP contribution in [0, 0.1) is 5.82 Å². The molecule has 2 heterocycles. The van der Waals surface area contributed by atoms with Gasteiger partial charge in [-0.2, -0.15) is 22.8 Å². The lowest BCUT2D eigenvalue weighted by Crippen LogP contribution is -2.22. The highest BCUT2D eigenvalue weighted by Gasteiger charge is 2.41. The molecule has 15 heteroatoms. The molecule has 0 aliphatic rings. The Morgan fingerprint density at radius 3 is 2.44 bits per heavy atom. The predicted molar refractivity (Wildman–Crippen MR) is 148 cm³/mol. The lowest BCUT2D eigenvalue weighted by atomic mass is 9.96. The van der Waals surface area contributed by atoms with E-state index in [4.69, 9.17) is 9.88 Å². The topological polar surface area (TPSA) is 143 Å². The number of alkyl halides is 3. The Bertz CT molecular complexity index is 1880. The van der Waals surface area contributed by atoms with Crippen molar-refractivity contribution < 1.29 is 41.0 Å². The Hall–Kier alpha value is -4.44. The highest BCUT2D eigenvalue weighted by Crippen LogP contribution is 2.41. The van der Waals surface area contributed by atoms with Gasteiger partial charge in [-0.1, -0.05) is 24.3 Å². The van der Waals surface area contributed by atoms with Crippen LogP contribution in [0.4, 0.5) is 17.6 Å². The van der Waals surface area contributed by atoms with E-state index in [1.54, 1.807) is 24.3 Å². The lowest BCUT2D eigenvalue weighted by Gasteiger charge is -2.12. The molecule has 0 saturated heterocycles. The molecule has 0 saturated carbocycles. The second kappa shape index (κ2) is 11.3. The molecule has 3 aromatic carbocycles. The van der Waals surface area contributed by atoms with Gasteiger partial charge < -0.3 is 14.6 Å². The zero-order valence-corrected chi connectivity index (χ0v) is 23.6. The summed E-state index contributed by atoms with van der Waals surface area (Å²) in [5.41, 5.74) is -1.39. The Labute approximate surface area is 246 Å². The molecule has 222 valence electrons. The van der Waals surface area contributed by atoms with Gasteiger partial charge in [0, 0.05) is 28.5 Å². The van der Waals surface area contributed by atoms with Crippen LogP contribution in [0.5, 0.6) is 5.75 Å². The van der Waals surface area contributed by atoms with Gasteiger partial charge in [-0.25, -0.2) is 14.1 Å². The number of aromatic nitrogens is 3. The molecule has 9 nitrogen and oxygen atoms in total. The lowest BCUT2D eigenvalue weighted by molar-refractivity contribution is -0.255. The maximum atomic E-state index is 15.0. The van der Waals surface area contributed by atoms with E-state index in [2.05, 4.69) is 10.1 Å². The van der Waals surface area contributed by atoms with Gasteiger partial charge in [0.1, 0.15) is 11.6 Å². The Balaban J connectivity index is 1.74. The van der Waals surface area contributed by atoms with Gasteiger partial charge in [-0.15, -0.1) is 16.5 Å². The molecular formula is C28H20F4N4O5S2. The second-order valence-electron chi connectivity index (χ2n) is 9.20. The van der Waals surface area contributed by atoms with Crippen LogP contribution in [0.2, 0.25) is 0 Å². The van der Waals surface area contributed by atoms with Crippen LogP contribution in [0.3, 0.4) is 0 Å². The summed E-state index contributed by atoms with van der Waals surface area (Å²) < 4.78 is 86.3. The van der Waals surface area contributed by atoms with E-state index in [1.807, 2.05) is 0 Å². The molecular weight excluding hydrogens is 612 g/mol. The van der Waals surface area contributed by atoms with E-state index in [1.165, 1.54) is 43.5 Å². The van der Waals surface area contributed by atoms with Crippen molar-refractivity contribution in [3.8, 4) is 33.3 Å². The summed E-state index contributed by atoms with van der Waals surface area (Å²) in [6.07, 6.45) is -5.37. The van der Waals surface area contributed by atoms with Gasteiger partial charge in [0.2, 0.25) is 10.0 Å². The van der Waals surface area contributed by atoms with E-state index in [0.29, 0.717) is 32.9 Å². The van der Waals surface area contributed by atoms with Crippen LogP contribution >= 0.6 is 11.3 Å². The number of nitrogens with two attached hydrogens (primary N) is 1. The number of benzene rings is 3. The van der Waals surface area contributed by atoms with Gasteiger partial charge in [0.05, 0.1) is 24.5 Å². The fraction of sp³-hybridized carbons (Fsp3) is 0.107. The van der Waals surface area contributed by atoms with Gasteiger partial charge in [0.15, 0.2) is 5.69 Å². The third kappa shape index (κ3) is 6.19. The zero-order chi connectivity index (χ0) is 31.1. The number of rotatable bonds is 8. The number of hydrogen-bond acceptors (Lipinski definition) is 7. The number of carboxylic acids is 1. The molecule has 43 heavy (non-hydrogen) atoms. The standard InChI is InChI=1S/C28H20F4N4O5S2/c1-41-18-4-2-3-16(12-18)20-13-17(7-10-22(20)29)24-21(11-15-5-8-19(9-6-15)43(33,39)40)25(28(30,31)32)36(35-24)27-34-23(14-42-27)26(37)38/h2-10,12-14H,11H2,1H3,(H3-,33,37,38,39,40). The van der Waals surface area contributed by atoms with E-state index in [9.17, 15) is 31.8 Å². The molecule has 0 aliphatic heterocycles. The molecule has 5 rings (SSSR count). The van der Waals surface area contributed by atoms with Gasteiger partial charge >= 0.3 is 16.6 Å². The van der Waals surface area contributed by atoms with Gasteiger partial charge in [0.25, 0.3) is 0 Å². The number of hydrogen-bond donors (Lipinski definition) is 2. The molecule has 5 aromatic rings. The summed E-state index contributed by atoms with van der Waals surface area (Å²) in [7, 11) is -2.37. The maximum absolute atomic E-state index is 15.0. The Morgan fingerprint density at radius 2 is 1.84 bits per heavy atom. The predicted octanol–water partition coefficient (Wildman–Crippen LogP) is 4.99. The zero-order valence-electron chi connectivity index (χ0n) is 22.0. The first-order valence-electron chi connectivity index (χ1n) is 12.2. The summed E-state index contributed by atoms with van der Waals surface area (Å²) in [5.74, 6) is -1.88. The van der Waals surface area contributed by atoms with Crippen LogP contribution in [0.15, 0.2) is 77.0 Å². The van der Waals surface area contributed by atoms with Crippen molar-refractivity contribution in [1.29, 1.82) is 0 Å². The number of carboxylic acid groups (broad SMARTS) is 1. The van der Waals surface area contributed by atoms with E-state index < -0.39 is 39.8 Å². The first kappa shape index (κ1) is 30.0. The normalized spacial score (nSPS) is 13.1. The number of nitrogens with zero attached hydrogens (tertiary/aromatic N) is 3. The van der Waals surface area contributed by atoms with Gasteiger partial charge in [-0.05, 0) is 57.8 Å². The number of thiazole rings is 1. The molecule has 0 radical (unpaired) electrons. The summed E-state index contributed by atoms with van der Waals surface area (Å²) in [5, 5.41) is 21.4. The molecule has 1 unspecified atom stereocenters. The quantitative estimate of drug-likeness (QED) is 0.181. The molecule has 1 atom stereocenters. The van der Waals surface area contributed by atoms with Crippen LogP contribution in [0.1, 0.15) is 27.3 Å². The van der Waals surface area contributed by atoms with Crippen molar-refractivity contribution in [2.45, 2.75) is 17.5 Å². The SMILES string of the molecule is COc1cccc(-c2cc(-c3nn(-c4nc(C(=O)[O-])cs4)c(C(F)(F)F)c3Cc3ccc([S+](N)(=O)O)cc3)ccc2F)c1.